The largest absolute Gasteiger partial charge is 0.488 e. The summed E-state index contributed by atoms with van der Waals surface area (Å²) in [5.74, 6) is -0.173. The number of carbonyl (C=O) groups excluding carboxylic acids is 2. The highest BCUT2D eigenvalue weighted by atomic mass is 79.9. The molecule has 8 heteroatoms. The van der Waals surface area contributed by atoms with Crippen molar-refractivity contribution in [2.75, 3.05) is 18.6 Å². The molecule has 0 spiro atoms. The second-order valence-electron chi connectivity index (χ2n) is 9.42. The molecule has 2 heterocycles. The summed E-state index contributed by atoms with van der Waals surface area (Å²) < 4.78 is 27.6. The van der Waals surface area contributed by atoms with Gasteiger partial charge >= 0.3 is 5.97 Å². The Morgan fingerprint density at radius 2 is 1.82 bits per heavy atom. The number of ether oxygens (including phenoxy) is 2. The molecule has 200 valence electrons. The number of para-hydroxylation sites is 1. The zero-order valence-electron chi connectivity index (χ0n) is 21.7. The van der Waals surface area contributed by atoms with Crippen LogP contribution in [-0.2, 0) is 16.1 Å². The van der Waals surface area contributed by atoms with Crippen LogP contribution in [-0.4, -0.2) is 30.1 Å². The maximum Gasteiger partial charge on any atom is 0.340 e. The monoisotopic (exact) mass is 590 g/mol. The van der Waals surface area contributed by atoms with E-state index in [1.807, 2.05) is 47.9 Å². The molecule has 0 radical (unpaired) electrons. The fraction of sp³-hybridized carbons (Fsp3) is 0.226. The summed E-state index contributed by atoms with van der Waals surface area (Å²) in [6.45, 7) is 2.77. The second-order valence-corrected chi connectivity index (χ2v) is 10.3. The lowest BCUT2D eigenvalue weighted by Crippen LogP contribution is -2.37. The summed E-state index contributed by atoms with van der Waals surface area (Å²) in [6.07, 6.45) is 2.11. The lowest BCUT2D eigenvalue weighted by Gasteiger charge is -2.31. The molecule has 4 aromatic rings. The van der Waals surface area contributed by atoms with Crippen molar-refractivity contribution in [3.8, 4) is 22.7 Å². The number of carbonyl (C=O) groups is 2. The van der Waals surface area contributed by atoms with Crippen molar-refractivity contribution in [3.05, 3.63) is 99.9 Å². The van der Waals surface area contributed by atoms with E-state index < -0.39 is 5.97 Å². The number of nitrogens with zero attached hydrogens (tertiary/aromatic N) is 2. The van der Waals surface area contributed by atoms with Crippen LogP contribution in [0.25, 0.3) is 16.9 Å². The molecule has 0 saturated carbocycles. The van der Waals surface area contributed by atoms with Crippen LogP contribution >= 0.6 is 15.9 Å². The van der Waals surface area contributed by atoms with E-state index in [2.05, 4.69) is 15.9 Å². The van der Waals surface area contributed by atoms with Crippen molar-refractivity contribution < 1.29 is 23.5 Å². The fourth-order valence-corrected chi connectivity index (χ4v) is 5.31. The Hall–Kier alpha value is -3.91. The molecule has 1 aromatic heterocycles. The molecular weight excluding hydrogens is 563 g/mol. The van der Waals surface area contributed by atoms with E-state index in [0.717, 1.165) is 39.8 Å². The second kappa shape index (κ2) is 11.5. The molecule has 0 unspecified atom stereocenters. The highest BCUT2D eigenvalue weighted by Crippen LogP contribution is 2.40. The number of piperidine rings is 1. The molecule has 1 saturated heterocycles. The van der Waals surface area contributed by atoms with Crippen molar-refractivity contribution in [2.24, 2.45) is 0 Å². The van der Waals surface area contributed by atoms with Crippen LogP contribution < -0.4 is 9.64 Å². The first-order chi connectivity index (χ1) is 18.9. The minimum absolute atomic E-state index is 0.0176. The normalized spacial score (nSPS) is 13.4. The van der Waals surface area contributed by atoms with Gasteiger partial charge in [0.05, 0.1) is 29.7 Å². The van der Waals surface area contributed by atoms with E-state index in [-0.39, 0.29) is 18.3 Å². The molecule has 0 bridgehead atoms. The molecule has 1 aliphatic rings. The van der Waals surface area contributed by atoms with E-state index >= 15 is 0 Å². The van der Waals surface area contributed by atoms with E-state index in [0.29, 0.717) is 35.7 Å². The number of rotatable bonds is 7. The molecule has 0 aliphatic carbocycles. The number of aromatic nitrogens is 1. The molecule has 3 aromatic carbocycles. The Labute approximate surface area is 235 Å². The topological polar surface area (TPSA) is 60.8 Å². The van der Waals surface area contributed by atoms with Gasteiger partial charge in [0.1, 0.15) is 18.2 Å². The molecule has 39 heavy (non-hydrogen) atoms. The summed E-state index contributed by atoms with van der Waals surface area (Å²) in [6, 6.07) is 21.4. The lowest BCUT2D eigenvalue weighted by molar-refractivity contribution is -0.119. The molecule has 6 nitrogen and oxygen atoms in total. The van der Waals surface area contributed by atoms with Gasteiger partial charge in [0.25, 0.3) is 0 Å². The van der Waals surface area contributed by atoms with E-state index in [1.54, 1.807) is 29.2 Å². The SMILES string of the molecule is COC(=O)c1cccc(-n2c(C)ccc2-c2cc(Br)ccc2OCc2ccc(F)cc2)c1N1CCCCC1=O. The minimum Gasteiger partial charge on any atom is -0.488 e. The van der Waals surface area contributed by atoms with Crippen LogP contribution in [0.5, 0.6) is 5.75 Å². The standard InChI is InChI=1S/C31H28BrFN2O4/c1-20-9-15-26(25-18-22(32)12-16-28(25)39-19-21-10-13-23(33)14-11-21)35(20)27-7-5-6-24(31(37)38-2)30(27)34-17-4-3-8-29(34)36/h5-7,9-16,18H,3-4,8,17,19H2,1-2H3. The number of aryl methyl sites for hydroxylation is 1. The Bertz CT molecular complexity index is 1530. The molecule has 1 amide bonds. The van der Waals surface area contributed by atoms with Gasteiger partial charge in [-0.2, -0.15) is 0 Å². The summed E-state index contributed by atoms with van der Waals surface area (Å²) in [5, 5.41) is 0. The third kappa shape index (κ3) is 5.47. The van der Waals surface area contributed by atoms with Gasteiger partial charge in [-0.15, -0.1) is 0 Å². The Balaban J connectivity index is 1.64. The van der Waals surface area contributed by atoms with Crippen molar-refractivity contribution in [1.29, 1.82) is 0 Å². The molecule has 0 atom stereocenters. The summed E-state index contributed by atoms with van der Waals surface area (Å²) >= 11 is 3.59. The van der Waals surface area contributed by atoms with Crippen molar-refractivity contribution in [3.63, 3.8) is 0 Å². The zero-order chi connectivity index (χ0) is 27.5. The average Bonchev–Trinajstić information content (AvgIpc) is 3.33. The summed E-state index contributed by atoms with van der Waals surface area (Å²) in [5.41, 5.74) is 4.99. The number of hydrogen-bond donors (Lipinski definition) is 0. The van der Waals surface area contributed by atoms with Gasteiger partial charge in [0.15, 0.2) is 0 Å². The van der Waals surface area contributed by atoms with Gasteiger partial charge in [0, 0.05) is 28.7 Å². The maximum atomic E-state index is 13.4. The third-order valence-corrected chi connectivity index (χ3v) is 7.35. The Morgan fingerprint density at radius 3 is 2.56 bits per heavy atom. The Morgan fingerprint density at radius 1 is 1.03 bits per heavy atom. The highest BCUT2D eigenvalue weighted by Gasteiger charge is 2.29. The maximum absolute atomic E-state index is 13.4. The van der Waals surface area contributed by atoms with E-state index in [1.165, 1.54) is 19.2 Å². The number of amides is 1. The lowest BCUT2D eigenvalue weighted by atomic mass is 10.0. The van der Waals surface area contributed by atoms with Gasteiger partial charge in [0.2, 0.25) is 5.91 Å². The zero-order valence-corrected chi connectivity index (χ0v) is 23.3. The number of anilines is 1. The highest BCUT2D eigenvalue weighted by molar-refractivity contribution is 9.10. The van der Waals surface area contributed by atoms with Crippen molar-refractivity contribution >= 4 is 33.5 Å². The number of esters is 1. The van der Waals surface area contributed by atoms with Crippen LogP contribution in [0, 0.1) is 12.7 Å². The molecule has 1 aliphatic heterocycles. The smallest absolute Gasteiger partial charge is 0.340 e. The predicted octanol–water partition coefficient (Wildman–Crippen LogP) is 7.24. The van der Waals surface area contributed by atoms with Gasteiger partial charge < -0.3 is 18.9 Å². The third-order valence-electron chi connectivity index (χ3n) is 6.86. The number of hydrogen-bond acceptors (Lipinski definition) is 4. The number of methoxy groups -OCH3 is 1. The predicted molar refractivity (Wildman–Crippen MR) is 152 cm³/mol. The van der Waals surface area contributed by atoms with Gasteiger partial charge in [-0.1, -0.05) is 34.1 Å². The average molecular weight is 591 g/mol. The van der Waals surface area contributed by atoms with Crippen molar-refractivity contribution in [2.45, 2.75) is 32.8 Å². The Kier molecular flexibility index (Phi) is 7.84. The first-order valence-corrected chi connectivity index (χ1v) is 13.5. The van der Waals surface area contributed by atoms with Gasteiger partial charge in [-0.3, -0.25) is 4.79 Å². The molecule has 1 fully saturated rings. The minimum atomic E-state index is -0.498. The first-order valence-electron chi connectivity index (χ1n) is 12.7. The van der Waals surface area contributed by atoms with Crippen LogP contribution in [0.4, 0.5) is 10.1 Å². The molecule has 0 N–H and O–H groups in total. The van der Waals surface area contributed by atoms with E-state index in [9.17, 15) is 14.0 Å². The van der Waals surface area contributed by atoms with Gasteiger partial charge in [-0.05, 0) is 79.9 Å². The van der Waals surface area contributed by atoms with Crippen LogP contribution in [0.15, 0.2) is 77.3 Å². The van der Waals surface area contributed by atoms with Crippen molar-refractivity contribution in [1.82, 2.24) is 4.57 Å². The van der Waals surface area contributed by atoms with Crippen LogP contribution in [0.3, 0.4) is 0 Å². The van der Waals surface area contributed by atoms with Gasteiger partial charge in [-0.25, -0.2) is 9.18 Å². The summed E-state index contributed by atoms with van der Waals surface area (Å²) in [7, 11) is 1.34. The summed E-state index contributed by atoms with van der Waals surface area (Å²) in [4.78, 5) is 27.6. The fourth-order valence-electron chi connectivity index (χ4n) is 4.95. The number of benzene rings is 3. The molecular formula is C31H28BrFN2O4. The first kappa shape index (κ1) is 26.7. The van der Waals surface area contributed by atoms with Crippen LogP contribution in [0.1, 0.15) is 40.9 Å². The van der Waals surface area contributed by atoms with Crippen LogP contribution in [0.2, 0.25) is 0 Å². The molecule has 5 rings (SSSR count). The quantitative estimate of drug-likeness (QED) is 0.213. The number of halogens is 2. The van der Waals surface area contributed by atoms with E-state index in [4.69, 9.17) is 9.47 Å².